The van der Waals surface area contributed by atoms with Crippen LogP contribution in [0.3, 0.4) is 0 Å². The molecule has 2 amide bonds. The van der Waals surface area contributed by atoms with Gasteiger partial charge in [0, 0.05) is 33.4 Å². The van der Waals surface area contributed by atoms with E-state index in [9.17, 15) is 22.8 Å². The molecule has 2 atom stereocenters. The number of nitrogens with zero attached hydrogens (tertiary/aromatic N) is 1. The topological polar surface area (TPSA) is 78.9 Å². The maximum atomic E-state index is 13.0. The van der Waals surface area contributed by atoms with Gasteiger partial charge in [-0.25, -0.2) is 4.79 Å². The second-order valence-corrected chi connectivity index (χ2v) is 7.46. The van der Waals surface area contributed by atoms with Gasteiger partial charge < -0.3 is 20.1 Å². The number of carbonyl (C=O) groups is 2. The first-order valence-corrected chi connectivity index (χ1v) is 9.00. The van der Waals surface area contributed by atoms with Crippen molar-refractivity contribution in [2.45, 2.75) is 44.7 Å². The van der Waals surface area contributed by atoms with Gasteiger partial charge in [0.15, 0.2) is 0 Å². The van der Waals surface area contributed by atoms with Gasteiger partial charge in [0.25, 0.3) is 0 Å². The van der Waals surface area contributed by atoms with Gasteiger partial charge >= 0.3 is 18.2 Å². The smallest absolute Gasteiger partial charge is 0.394 e. The minimum atomic E-state index is -4.64. The molecule has 2 aliphatic rings. The number of methoxy groups -OCH3 is 1. The molecule has 6 nitrogen and oxygen atoms in total. The van der Waals surface area contributed by atoms with Gasteiger partial charge in [-0.3, -0.25) is 4.79 Å². The first kappa shape index (κ1) is 20.8. The SMILES string of the molecule is COCCC1(CNC(=O)N2C[C@@H](C(F)(F)F)[C@H](C(=O)O)C2)CCCCC1. The van der Waals surface area contributed by atoms with Crippen molar-refractivity contribution in [3.05, 3.63) is 0 Å². The van der Waals surface area contributed by atoms with E-state index in [1.165, 1.54) is 0 Å². The summed E-state index contributed by atoms with van der Waals surface area (Å²) in [6, 6.07) is -0.620. The third-order valence-corrected chi connectivity index (χ3v) is 5.71. The number of halogens is 3. The average Bonchev–Trinajstić information content (AvgIpc) is 3.05. The average molecular weight is 380 g/mol. The van der Waals surface area contributed by atoms with Crippen LogP contribution in [0.25, 0.3) is 0 Å². The largest absolute Gasteiger partial charge is 0.481 e. The molecule has 9 heteroatoms. The number of amides is 2. The molecule has 0 spiro atoms. The van der Waals surface area contributed by atoms with Gasteiger partial charge in [-0.1, -0.05) is 19.3 Å². The number of aliphatic carboxylic acids is 1. The maximum Gasteiger partial charge on any atom is 0.394 e. The van der Waals surface area contributed by atoms with Crippen molar-refractivity contribution in [3.63, 3.8) is 0 Å². The van der Waals surface area contributed by atoms with E-state index in [1.54, 1.807) is 7.11 Å². The second kappa shape index (κ2) is 8.45. The molecular formula is C17H27F3N2O4. The van der Waals surface area contributed by atoms with Gasteiger partial charge in [0.05, 0.1) is 11.8 Å². The lowest BCUT2D eigenvalue weighted by Crippen LogP contribution is -2.45. The Hall–Kier alpha value is -1.51. The minimum Gasteiger partial charge on any atom is -0.481 e. The van der Waals surface area contributed by atoms with Crippen LogP contribution in [0.2, 0.25) is 0 Å². The Kier molecular flexibility index (Phi) is 6.76. The number of urea groups is 1. The van der Waals surface area contributed by atoms with Crippen LogP contribution in [0, 0.1) is 17.3 Å². The van der Waals surface area contributed by atoms with Crippen molar-refractivity contribution in [2.75, 3.05) is 33.4 Å². The van der Waals surface area contributed by atoms with Gasteiger partial charge in [-0.2, -0.15) is 13.2 Å². The third-order valence-electron chi connectivity index (χ3n) is 5.71. The standard InChI is InChI=1S/C17H27F3N2O4/c1-26-8-7-16(5-3-2-4-6-16)11-21-15(25)22-9-12(14(23)24)13(10-22)17(18,19)20/h12-13H,2-11H2,1H3,(H,21,25)(H,23,24)/t12-,13-/m1/s1. The number of nitrogens with one attached hydrogen (secondary N) is 1. The zero-order chi connectivity index (χ0) is 19.4. The molecule has 1 saturated heterocycles. The number of alkyl halides is 3. The zero-order valence-corrected chi connectivity index (χ0v) is 15.0. The zero-order valence-electron chi connectivity index (χ0n) is 15.0. The molecule has 1 saturated carbocycles. The minimum absolute atomic E-state index is 0.0979. The fourth-order valence-corrected chi connectivity index (χ4v) is 4.06. The van der Waals surface area contributed by atoms with E-state index in [0.717, 1.165) is 43.4 Å². The van der Waals surface area contributed by atoms with Crippen LogP contribution < -0.4 is 5.32 Å². The van der Waals surface area contributed by atoms with Crippen molar-refractivity contribution in [1.82, 2.24) is 10.2 Å². The summed E-state index contributed by atoms with van der Waals surface area (Å²) in [5.41, 5.74) is -0.0979. The number of likely N-dealkylation sites (tertiary alicyclic amines) is 1. The normalized spacial score (nSPS) is 25.9. The van der Waals surface area contributed by atoms with Crippen LogP contribution in [-0.4, -0.2) is 61.5 Å². The fourth-order valence-electron chi connectivity index (χ4n) is 4.06. The highest BCUT2D eigenvalue weighted by Crippen LogP contribution is 2.40. The Morgan fingerprint density at radius 2 is 1.88 bits per heavy atom. The Morgan fingerprint density at radius 1 is 1.23 bits per heavy atom. The maximum absolute atomic E-state index is 13.0. The van der Waals surface area contributed by atoms with Crippen molar-refractivity contribution < 1.29 is 32.6 Å². The van der Waals surface area contributed by atoms with E-state index in [4.69, 9.17) is 9.84 Å². The van der Waals surface area contributed by atoms with Crippen LogP contribution in [0.5, 0.6) is 0 Å². The molecule has 0 unspecified atom stereocenters. The number of carbonyl (C=O) groups excluding carboxylic acids is 1. The molecule has 150 valence electrons. The van der Waals surface area contributed by atoms with Crippen molar-refractivity contribution in [2.24, 2.45) is 17.3 Å². The molecule has 2 N–H and O–H groups in total. The molecule has 2 rings (SSSR count). The van der Waals surface area contributed by atoms with Crippen molar-refractivity contribution in [1.29, 1.82) is 0 Å². The summed E-state index contributed by atoms with van der Waals surface area (Å²) in [6.07, 6.45) is 1.29. The van der Waals surface area contributed by atoms with E-state index >= 15 is 0 Å². The molecule has 1 aliphatic carbocycles. The Morgan fingerprint density at radius 3 is 2.38 bits per heavy atom. The molecule has 0 aromatic carbocycles. The van der Waals surface area contributed by atoms with Crippen LogP contribution in [-0.2, 0) is 9.53 Å². The van der Waals surface area contributed by atoms with Gasteiger partial charge in [0.2, 0.25) is 0 Å². The molecule has 0 aromatic rings. The Bertz CT molecular complexity index is 507. The van der Waals surface area contributed by atoms with Crippen molar-refractivity contribution >= 4 is 12.0 Å². The summed E-state index contributed by atoms with van der Waals surface area (Å²) in [5.74, 6) is -5.16. The summed E-state index contributed by atoms with van der Waals surface area (Å²) in [7, 11) is 1.61. The van der Waals surface area contributed by atoms with Crippen LogP contribution in [0.15, 0.2) is 0 Å². The van der Waals surface area contributed by atoms with Crippen LogP contribution in [0.1, 0.15) is 38.5 Å². The monoisotopic (exact) mass is 380 g/mol. The quantitative estimate of drug-likeness (QED) is 0.743. The summed E-state index contributed by atoms with van der Waals surface area (Å²) in [5, 5.41) is 11.8. The number of hydrogen-bond acceptors (Lipinski definition) is 3. The Balaban J connectivity index is 1.97. The fraction of sp³-hybridized carbons (Fsp3) is 0.882. The molecule has 1 heterocycles. The molecular weight excluding hydrogens is 353 g/mol. The lowest BCUT2D eigenvalue weighted by molar-refractivity contribution is -0.187. The molecule has 0 aromatic heterocycles. The second-order valence-electron chi connectivity index (χ2n) is 7.46. The first-order chi connectivity index (χ1) is 12.2. The molecule has 0 bridgehead atoms. The summed E-state index contributed by atoms with van der Waals surface area (Å²) in [4.78, 5) is 24.5. The van der Waals surface area contributed by atoms with E-state index in [-0.39, 0.29) is 5.41 Å². The highest BCUT2D eigenvalue weighted by Gasteiger charge is 2.53. The highest BCUT2D eigenvalue weighted by molar-refractivity contribution is 5.77. The molecule has 0 radical (unpaired) electrons. The number of carboxylic acid groups (broad SMARTS) is 1. The van der Waals surface area contributed by atoms with E-state index < -0.39 is 43.1 Å². The molecule has 2 fully saturated rings. The molecule has 26 heavy (non-hydrogen) atoms. The summed E-state index contributed by atoms with van der Waals surface area (Å²) < 4.78 is 44.3. The lowest BCUT2D eigenvalue weighted by Gasteiger charge is -2.38. The summed E-state index contributed by atoms with van der Waals surface area (Å²) >= 11 is 0. The number of ether oxygens (including phenoxy) is 1. The van der Waals surface area contributed by atoms with Gasteiger partial charge in [-0.05, 0) is 24.7 Å². The third kappa shape index (κ3) is 5.02. The van der Waals surface area contributed by atoms with Crippen molar-refractivity contribution in [3.8, 4) is 0 Å². The van der Waals surface area contributed by atoms with Crippen LogP contribution in [0.4, 0.5) is 18.0 Å². The van der Waals surface area contributed by atoms with Gasteiger partial charge in [0.1, 0.15) is 0 Å². The summed E-state index contributed by atoms with van der Waals surface area (Å²) in [6.45, 7) is -0.0925. The van der Waals surface area contributed by atoms with E-state index in [1.807, 2.05) is 0 Å². The van der Waals surface area contributed by atoms with E-state index in [0.29, 0.717) is 13.2 Å². The first-order valence-electron chi connectivity index (χ1n) is 9.00. The lowest BCUT2D eigenvalue weighted by atomic mass is 9.72. The predicted octanol–water partition coefficient (Wildman–Crippen LogP) is 2.88. The Labute approximate surface area is 151 Å². The highest BCUT2D eigenvalue weighted by atomic mass is 19.4. The van der Waals surface area contributed by atoms with E-state index in [2.05, 4.69) is 5.32 Å². The predicted molar refractivity (Wildman–Crippen MR) is 87.7 cm³/mol. The molecule has 1 aliphatic heterocycles. The number of carboxylic acids is 1. The van der Waals surface area contributed by atoms with Crippen LogP contribution >= 0.6 is 0 Å². The number of rotatable bonds is 6. The number of hydrogen-bond donors (Lipinski definition) is 2. The van der Waals surface area contributed by atoms with Gasteiger partial charge in [-0.15, -0.1) is 0 Å².